The molecule has 0 aromatic heterocycles. The number of rotatable bonds is 8. The molecule has 35 heavy (non-hydrogen) atoms. The van der Waals surface area contributed by atoms with Crippen LogP contribution in [0.1, 0.15) is 65.7 Å². The molecular formula is C28H41N3O4. The van der Waals surface area contributed by atoms with Gasteiger partial charge in [-0.3, -0.25) is 14.4 Å². The molecule has 3 heterocycles. The Labute approximate surface area is 209 Å². The van der Waals surface area contributed by atoms with E-state index in [1.807, 2.05) is 13.0 Å². The highest BCUT2D eigenvalue weighted by atomic mass is 16.2. The van der Waals surface area contributed by atoms with Gasteiger partial charge in [-0.05, 0) is 65.7 Å². The van der Waals surface area contributed by atoms with Crippen molar-refractivity contribution in [3.8, 4) is 0 Å². The summed E-state index contributed by atoms with van der Waals surface area (Å²) < 4.78 is 0. The number of likely N-dealkylation sites (tertiary alicyclic amines) is 3. The molecule has 3 atom stereocenters. The van der Waals surface area contributed by atoms with Crippen molar-refractivity contribution in [2.24, 2.45) is 11.8 Å². The molecule has 0 aromatic carbocycles. The maximum absolute atomic E-state index is 13.2. The van der Waals surface area contributed by atoms with Crippen LogP contribution in [-0.4, -0.2) is 77.5 Å². The van der Waals surface area contributed by atoms with Crippen molar-refractivity contribution in [2.45, 2.75) is 71.8 Å². The summed E-state index contributed by atoms with van der Waals surface area (Å²) in [5.41, 5.74) is 2.38. The normalized spacial score (nSPS) is 25.8. The third-order valence-electron chi connectivity index (χ3n) is 7.27. The predicted octanol–water partition coefficient (Wildman–Crippen LogP) is 3.51. The van der Waals surface area contributed by atoms with Gasteiger partial charge in [-0.1, -0.05) is 35.5 Å². The number of nitrogens with zero attached hydrogens (tertiary/aromatic N) is 3. The van der Waals surface area contributed by atoms with Crippen LogP contribution in [0.2, 0.25) is 0 Å². The Morgan fingerprint density at radius 3 is 2.46 bits per heavy atom. The quantitative estimate of drug-likeness (QED) is 0.391. The number of piperidine rings is 2. The molecule has 3 rings (SSSR count). The lowest BCUT2D eigenvalue weighted by molar-refractivity contribution is -0.149. The number of allylic oxidation sites excluding steroid dienone is 6. The van der Waals surface area contributed by atoms with E-state index in [4.69, 9.17) is 0 Å². The zero-order chi connectivity index (χ0) is 25.4. The lowest BCUT2D eigenvalue weighted by Crippen LogP contribution is -2.53. The fraction of sp³-hybridized carbons (Fsp3) is 0.643. The third-order valence-corrected chi connectivity index (χ3v) is 7.27. The molecule has 192 valence electrons. The van der Waals surface area contributed by atoms with Gasteiger partial charge in [0.2, 0.25) is 17.7 Å². The summed E-state index contributed by atoms with van der Waals surface area (Å²) in [7, 11) is 0. The van der Waals surface area contributed by atoms with Crippen LogP contribution in [0.5, 0.6) is 0 Å². The summed E-state index contributed by atoms with van der Waals surface area (Å²) >= 11 is 0. The van der Waals surface area contributed by atoms with Crippen LogP contribution < -0.4 is 0 Å². The Morgan fingerprint density at radius 2 is 1.71 bits per heavy atom. The first kappa shape index (κ1) is 26.9. The SMILES string of the molecule is CC(C)=C/C=C(C)/C=C/C[C@H]1CCCN(CC(=O)N2CCC[C@H]2C(=O)N2CCCC(C=O)C2)C1=O. The minimum absolute atomic E-state index is 0.0344. The number of hydrogen-bond donors (Lipinski definition) is 0. The Kier molecular flexibility index (Phi) is 9.87. The van der Waals surface area contributed by atoms with Crippen LogP contribution in [0.3, 0.4) is 0 Å². The third kappa shape index (κ3) is 7.39. The summed E-state index contributed by atoms with van der Waals surface area (Å²) in [5, 5.41) is 0. The first-order chi connectivity index (χ1) is 16.8. The van der Waals surface area contributed by atoms with E-state index in [0.29, 0.717) is 39.0 Å². The van der Waals surface area contributed by atoms with Crippen LogP contribution in [-0.2, 0) is 19.2 Å². The maximum Gasteiger partial charge on any atom is 0.245 e. The fourth-order valence-electron chi connectivity index (χ4n) is 5.28. The minimum Gasteiger partial charge on any atom is -0.340 e. The van der Waals surface area contributed by atoms with Crippen molar-refractivity contribution in [2.75, 3.05) is 32.7 Å². The van der Waals surface area contributed by atoms with E-state index in [0.717, 1.165) is 44.0 Å². The van der Waals surface area contributed by atoms with E-state index in [1.165, 1.54) is 5.57 Å². The van der Waals surface area contributed by atoms with E-state index in [1.54, 1.807) is 14.7 Å². The van der Waals surface area contributed by atoms with Crippen LogP contribution in [0.15, 0.2) is 35.5 Å². The van der Waals surface area contributed by atoms with Crippen molar-refractivity contribution >= 4 is 24.0 Å². The molecule has 0 spiro atoms. The van der Waals surface area contributed by atoms with Crippen LogP contribution in [0, 0.1) is 11.8 Å². The average Bonchev–Trinajstić information content (AvgIpc) is 3.34. The van der Waals surface area contributed by atoms with Crippen LogP contribution in [0.4, 0.5) is 0 Å². The Morgan fingerprint density at radius 1 is 0.971 bits per heavy atom. The average molecular weight is 484 g/mol. The summed E-state index contributed by atoms with van der Waals surface area (Å²) in [4.78, 5) is 55.7. The Bertz CT molecular complexity index is 887. The van der Waals surface area contributed by atoms with Gasteiger partial charge in [0.25, 0.3) is 0 Å². The zero-order valence-corrected chi connectivity index (χ0v) is 21.6. The highest BCUT2D eigenvalue weighted by Gasteiger charge is 2.39. The van der Waals surface area contributed by atoms with Crippen LogP contribution >= 0.6 is 0 Å². The smallest absolute Gasteiger partial charge is 0.245 e. The van der Waals surface area contributed by atoms with E-state index < -0.39 is 6.04 Å². The van der Waals surface area contributed by atoms with Crippen LogP contribution in [0.25, 0.3) is 0 Å². The second kappa shape index (κ2) is 12.8. The molecule has 0 aliphatic carbocycles. The van der Waals surface area contributed by atoms with Gasteiger partial charge >= 0.3 is 0 Å². The molecule has 7 nitrogen and oxygen atoms in total. The second-order valence-electron chi connectivity index (χ2n) is 10.5. The topological polar surface area (TPSA) is 78.0 Å². The first-order valence-corrected chi connectivity index (χ1v) is 13.1. The van der Waals surface area contributed by atoms with Gasteiger partial charge in [-0.15, -0.1) is 0 Å². The number of carbonyl (C=O) groups is 4. The van der Waals surface area contributed by atoms with Gasteiger partial charge in [0.05, 0.1) is 6.54 Å². The molecule has 1 unspecified atom stereocenters. The summed E-state index contributed by atoms with van der Waals surface area (Å²) in [5.74, 6) is -0.371. The molecule has 3 fully saturated rings. The van der Waals surface area contributed by atoms with Crippen molar-refractivity contribution in [3.05, 3.63) is 35.5 Å². The zero-order valence-electron chi connectivity index (χ0n) is 21.6. The molecule has 0 bridgehead atoms. The molecule has 0 radical (unpaired) electrons. The van der Waals surface area contributed by atoms with Gasteiger partial charge in [-0.2, -0.15) is 0 Å². The number of amides is 3. The van der Waals surface area contributed by atoms with E-state index in [9.17, 15) is 19.2 Å². The molecule has 3 saturated heterocycles. The highest BCUT2D eigenvalue weighted by molar-refractivity contribution is 5.91. The Balaban J connectivity index is 1.55. The standard InChI is InChI=1S/C28H41N3O4/c1-21(2)13-14-22(3)8-4-10-24-11-6-16-30(27(24)34)19-26(33)31-17-7-12-25(31)28(35)29-15-5-9-23(18-29)20-32/h4,8,13-14,20,23-25H,5-7,9-12,15-19H2,1-3H3/b8-4+,22-14+/t23?,24-,25-/m0/s1. The van der Waals surface area contributed by atoms with Gasteiger partial charge in [0.1, 0.15) is 12.3 Å². The van der Waals surface area contributed by atoms with Gasteiger partial charge in [-0.25, -0.2) is 0 Å². The van der Waals surface area contributed by atoms with Crippen molar-refractivity contribution in [1.29, 1.82) is 0 Å². The fourth-order valence-corrected chi connectivity index (χ4v) is 5.28. The van der Waals surface area contributed by atoms with E-state index >= 15 is 0 Å². The highest BCUT2D eigenvalue weighted by Crippen LogP contribution is 2.25. The van der Waals surface area contributed by atoms with Gasteiger partial charge in [0.15, 0.2) is 0 Å². The molecule has 3 aliphatic heterocycles. The number of carbonyl (C=O) groups excluding carboxylic acids is 4. The number of aldehydes is 1. The maximum atomic E-state index is 13.2. The molecule has 0 N–H and O–H groups in total. The monoisotopic (exact) mass is 483 g/mol. The lowest BCUT2D eigenvalue weighted by Gasteiger charge is -2.36. The number of hydrogen-bond acceptors (Lipinski definition) is 4. The van der Waals surface area contributed by atoms with Gasteiger partial charge in [0, 0.05) is 38.0 Å². The Hall–Kier alpha value is -2.70. The molecule has 0 aromatic rings. The van der Waals surface area contributed by atoms with E-state index in [-0.39, 0.29) is 36.1 Å². The minimum atomic E-state index is -0.470. The second-order valence-corrected chi connectivity index (χ2v) is 10.5. The first-order valence-electron chi connectivity index (χ1n) is 13.1. The molecule has 3 aliphatic rings. The van der Waals surface area contributed by atoms with E-state index in [2.05, 4.69) is 32.1 Å². The predicted molar refractivity (Wildman–Crippen MR) is 136 cm³/mol. The van der Waals surface area contributed by atoms with Crippen molar-refractivity contribution in [3.63, 3.8) is 0 Å². The molecular weight excluding hydrogens is 442 g/mol. The van der Waals surface area contributed by atoms with Crippen molar-refractivity contribution in [1.82, 2.24) is 14.7 Å². The molecule has 3 amide bonds. The lowest BCUT2D eigenvalue weighted by atomic mass is 9.93. The molecule has 7 heteroatoms. The van der Waals surface area contributed by atoms with Crippen molar-refractivity contribution < 1.29 is 19.2 Å². The molecule has 0 saturated carbocycles. The van der Waals surface area contributed by atoms with Gasteiger partial charge < -0.3 is 19.5 Å². The summed E-state index contributed by atoms with van der Waals surface area (Å²) in [6.45, 7) is 8.42. The summed E-state index contributed by atoms with van der Waals surface area (Å²) in [6.07, 6.45) is 14.6. The largest absolute Gasteiger partial charge is 0.340 e. The summed E-state index contributed by atoms with van der Waals surface area (Å²) in [6, 6.07) is -0.470.